The molecule has 0 fully saturated rings. The van der Waals surface area contributed by atoms with Gasteiger partial charge >= 0.3 is 6.18 Å². The van der Waals surface area contributed by atoms with Gasteiger partial charge in [-0.3, -0.25) is 0 Å². The zero-order valence-corrected chi connectivity index (χ0v) is 12.5. The van der Waals surface area contributed by atoms with Crippen LogP contribution in [0.15, 0.2) is 6.07 Å². The molecule has 1 aliphatic rings. The standard InChI is InChI=1S/C13H18F3NO2S/c1-8(2)12-11(13(14,15)16)7-9-6-10(20(3,18)19)4-5-17(9)12/h7-8,10H,4-6H2,1-3H3/t10-/m1/s1. The second kappa shape index (κ2) is 4.79. The van der Waals surface area contributed by atoms with E-state index >= 15 is 0 Å². The molecule has 1 aromatic heterocycles. The summed E-state index contributed by atoms with van der Waals surface area (Å²) in [5.41, 5.74) is 0.110. The molecule has 2 rings (SSSR count). The summed E-state index contributed by atoms with van der Waals surface area (Å²) < 4.78 is 64.1. The number of nitrogens with zero attached hydrogens (tertiary/aromatic N) is 1. The van der Waals surface area contributed by atoms with Crippen LogP contribution >= 0.6 is 0 Å². The Morgan fingerprint density at radius 3 is 2.40 bits per heavy atom. The van der Waals surface area contributed by atoms with Crippen LogP contribution in [0.3, 0.4) is 0 Å². The van der Waals surface area contributed by atoms with Crippen molar-refractivity contribution in [1.82, 2.24) is 4.57 Å². The third-order valence-electron chi connectivity index (χ3n) is 3.79. The lowest BCUT2D eigenvalue weighted by Gasteiger charge is -2.25. The van der Waals surface area contributed by atoms with Crippen LogP contribution in [0.2, 0.25) is 0 Å². The lowest BCUT2D eigenvalue weighted by atomic mass is 10.1. The number of hydrogen-bond donors (Lipinski definition) is 0. The average molecular weight is 309 g/mol. The van der Waals surface area contributed by atoms with Gasteiger partial charge in [0.05, 0.1) is 10.8 Å². The van der Waals surface area contributed by atoms with E-state index in [0.717, 1.165) is 12.3 Å². The lowest BCUT2D eigenvalue weighted by molar-refractivity contribution is -0.138. The van der Waals surface area contributed by atoms with Gasteiger partial charge < -0.3 is 4.57 Å². The van der Waals surface area contributed by atoms with Crippen molar-refractivity contribution in [1.29, 1.82) is 0 Å². The first-order valence-electron chi connectivity index (χ1n) is 6.50. The Hall–Kier alpha value is -0.980. The minimum Gasteiger partial charge on any atom is -0.348 e. The normalized spacial score (nSPS) is 20.2. The second-order valence-electron chi connectivity index (χ2n) is 5.68. The molecule has 0 saturated carbocycles. The van der Waals surface area contributed by atoms with E-state index < -0.39 is 26.8 Å². The molecule has 20 heavy (non-hydrogen) atoms. The summed E-state index contributed by atoms with van der Waals surface area (Å²) in [6.07, 6.45) is -2.72. The first-order valence-corrected chi connectivity index (χ1v) is 8.45. The SMILES string of the molecule is CC(C)c1c(C(F)(F)F)cc2n1CC[C@@H](S(C)(=O)=O)C2. The summed E-state index contributed by atoms with van der Waals surface area (Å²) in [5, 5.41) is -0.578. The van der Waals surface area contributed by atoms with Crippen molar-refractivity contribution in [2.45, 2.75) is 50.6 Å². The van der Waals surface area contributed by atoms with Gasteiger partial charge in [-0.25, -0.2) is 8.42 Å². The predicted octanol–water partition coefficient (Wildman–Crippen LogP) is 2.99. The molecule has 1 aromatic rings. The summed E-state index contributed by atoms with van der Waals surface area (Å²) in [5.74, 6) is -0.254. The zero-order valence-electron chi connectivity index (χ0n) is 11.7. The molecule has 3 nitrogen and oxygen atoms in total. The minimum absolute atomic E-state index is 0.161. The van der Waals surface area contributed by atoms with E-state index in [1.165, 1.54) is 0 Å². The smallest absolute Gasteiger partial charge is 0.348 e. The highest BCUT2D eigenvalue weighted by Gasteiger charge is 2.39. The van der Waals surface area contributed by atoms with Gasteiger partial charge in [-0.15, -0.1) is 0 Å². The van der Waals surface area contributed by atoms with Crippen LogP contribution in [-0.4, -0.2) is 24.5 Å². The molecule has 2 heterocycles. The minimum atomic E-state index is -4.40. The van der Waals surface area contributed by atoms with Crippen LogP contribution < -0.4 is 0 Å². The summed E-state index contributed by atoms with van der Waals surface area (Å²) >= 11 is 0. The maximum Gasteiger partial charge on any atom is 0.418 e. The molecule has 1 atom stereocenters. The van der Waals surface area contributed by atoms with Gasteiger partial charge in [-0.1, -0.05) is 13.8 Å². The van der Waals surface area contributed by atoms with Crippen molar-refractivity contribution in [3.05, 3.63) is 23.0 Å². The molecule has 0 saturated heterocycles. The van der Waals surface area contributed by atoms with Crippen LogP contribution in [0.25, 0.3) is 0 Å². The van der Waals surface area contributed by atoms with E-state index in [1.54, 1.807) is 18.4 Å². The number of rotatable bonds is 2. The van der Waals surface area contributed by atoms with Crippen molar-refractivity contribution in [3.63, 3.8) is 0 Å². The molecule has 0 N–H and O–H groups in total. The highest BCUT2D eigenvalue weighted by molar-refractivity contribution is 7.91. The van der Waals surface area contributed by atoms with Gasteiger partial charge in [-0.05, 0) is 18.4 Å². The molecule has 0 unspecified atom stereocenters. The first-order chi connectivity index (χ1) is 9.01. The summed E-state index contributed by atoms with van der Waals surface area (Å²) in [6, 6.07) is 1.12. The van der Waals surface area contributed by atoms with Gasteiger partial charge in [-0.2, -0.15) is 13.2 Å². The molecule has 0 amide bonds. The third kappa shape index (κ3) is 2.73. The van der Waals surface area contributed by atoms with Crippen molar-refractivity contribution in [2.75, 3.05) is 6.26 Å². The maximum absolute atomic E-state index is 13.1. The number of aromatic nitrogens is 1. The van der Waals surface area contributed by atoms with E-state index in [1.807, 2.05) is 0 Å². The largest absolute Gasteiger partial charge is 0.418 e. The van der Waals surface area contributed by atoms with Gasteiger partial charge in [0.15, 0.2) is 9.84 Å². The fraction of sp³-hybridized carbons (Fsp3) is 0.692. The predicted molar refractivity (Wildman–Crippen MR) is 70.5 cm³/mol. The van der Waals surface area contributed by atoms with Crippen molar-refractivity contribution >= 4 is 9.84 Å². The van der Waals surface area contributed by atoms with Crippen LogP contribution in [0, 0.1) is 0 Å². The van der Waals surface area contributed by atoms with Gasteiger partial charge in [0.25, 0.3) is 0 Å². The quantitative estimate of drug-likeness (QED) is 0.842. The maximum atomic E-state index is 13.1. The number of alkyl halides is 3. The Morgan fingerprint density at radius 1 is 1.35 bits per heavy atom. The summed E-state index contributed by atoms with van der Waals surface area (Å²) in [7, 11) is -3.22. The number of sulfone groups is 1. The summed E-state index contributed by atoms with van der Waals surface area (Å²) in [4.78, 5) is 0. The highest BCUT2D eigenvalue weighted by Crippen LogP contribution is 2.39. The Morgan fingerprint density at radius 2 is 1.95 bits per heavy atom. The fourth-order valence-corrected chi connectivity index (χ4v) is 3.88. The first kappa shape index (κ1) is 15.4. The fourth-order valence-electron chi connectivity index (χ4n) is 2.88. The van der Waals surface area contributed by atoms with Crippen LogP contribution in [-0.2, 0) is 29.0 Å². The lowest BCUT2D eigenvalue weighted by Crippen LogP contribution is -2.30. The molecule has 114 valence electrons. The molecule has 0 radical (unpaired) electrons. The Bertz CT molecular complexity index is 614. The second-order valence-corrected chi connectivity index (χ2v) is 8.01. The topological polar surface area (TPSA) is 39.1 Å². The van der Waals surface area contributed by atoms with Crippen LogP contribution in [0.4, 0.5) is 13.2 Å². The monoisotopic (exact) mass is 309 g/mol. The van der Waals surface area contributed by atoms with Gasteiger partial charge in [0.2, 0.25) is 0 Å². The third-order valence-corrected chi connectivity index (χ3v) is 5.41. The van der Waals surface area contributed by atoms with Crippen molar-refractivity contribution in [3.8, 4) is 0 Å². The molecule has 0 bridgehead atoms. The van der Waals surface area contributed by atoms with E-state index in [-0.39, 0.29) is 18.0 Å². The van der Waals surface area contributed by atoms with Crippen LogP contribution in [0.5, 0.6) is 0 Å². The highest BCUT2D eigenvalue weighted by atomic mass is 32.2. The average Bonchev–Trinajstić information content (AvgIpc) is 2.65. The van der Waals surface area contributed by atoms with E-state index in [0.29, 0.717) is 18.7 Å². The number of fused-ring (bicyclic) bond motifs is 1. The van der Waals surface area contributed by atoms with Gasteiger partial charge in [0.1, 0.15) is 0 Å². The molecular formula is C13H18F3NO2S. The molecule has 0 aromatic carbocycles. The van der Waals surface area contributed by atoms with Gasteiger partial charge in [0, 0.05) is 30.6 Å². The molecule has 0 spiro atoms. The summed E-state index contributed by atoms with van der Waals surface area (Å²) in [6.45, 7) is 3.78. The molecular weight excluding hydrogens is 291 g/mol. The van der Waals surface area contributed by atoms with Crippen molar-refractivity contribution in [2.24, 2.45) is 0 Å². The molecule has 0 aliphatic carbocycles. The zero-order chi connectivity index (χ0) is 15.3. The number of halogens is 3. The number of hydrogen-bond acceptors (Lipinski definition) is 2. The van der Waals surface area contributed by atoms with Crippen LogP contribution in [0.1, 0.15) is 43.1 Å². The van der Waals surface area contributed by atoms with E-state index in [4.69, 9.17) is 0 Å². The van der Waals surface area contributed by atoms with E-state index in [2.05, 4.69) is 0 Å². The Balaban J connectivity index is 2.51. The van der Waals surface area contributed by atoms with E-state index in [9.17, 15) is 21.6 Å². The molecule has 1 aliphatic heterocycles. The molecule has 7 heteroatoms. The van der Waals surface area contributed by atoms with Crippen molar-refractivity contribution < 1.29 is 21.6 Å². The Labute approximate surface area is 116 Å². The Kier molecular flexibility index (Phi) is 3.69.